The van der Waals surface area contributed by atoms with Gasteiger partial charge in [-0.25, -0.2) is 0 Å². The Balaban J connectivity index is 2.32. The van der Waals surface area contributed by atoms with Crippen LogP contribution in [0, 0.1) is 17.4 Å². The van der Waals surface area contributed by atoms with Gasteiger partial charge in [-0.3, -0.25) is 0 Å². The molecule has 2 aromatic carbocycles. The number of halogens is 1. The van der Waals surface area contributed by atoms with E-state index < -0.39 is 0 Å². The van der Waals surface area contributed by atoms with Crippen molar-refractivity contribution in [3.63, 3.8) is 0 Å². The van der Waals surface area contributed by atoms with Crippen LogP contribution in [0.3, 0.4) is 0 Å². The van der Waals surface area contributed by atoms with Gasteiger partial charge in [-0.15, -0.1) is 0 Å². The molecule has 90 valence electrons. The summed E-state index contributed by atoms with van der Waals surface area (Å²) in [5.74, 6) is -0.202. The van der Waals surface area contributed by atoms with E-state index >= 15 is 0 Å². The summed E-state index contributed by atoms with van der Waals surface area (Å²) in [6.07, 6.45) is 0. The molecular weight excluding hydrogens is 312 g/mol. The molecule has 0 radical (unpaired) electrons. The first-order valence-electron chi connectivity index (χ1n) is 5.54. The number of fused-ring (bicyclic) bond motifs is 1. The minimum atomic E-state index is -0.202. The summed E-state index contributed by atoms with van der Waals surface area (Å²) in [5.41, 5.74) is 1.51. The standard InChI is InChI=1S/C14H10FNSSe/c1-9-6-7-12(11(15)8-9)16-14(17)10-4-2-3-5-13(10)18-16/h2-8H,1H3. The fraction of sp³-hybridized carbons (Fsp3) is 0.0714. The van der Waals surface area contributed by atoms with Gasteiger partial charge in [0.15, 0.2) is 0 Å². The summed E-state index contributed by atoms with van der Waals surface area (Å²) in [4.78, 5) is 0. The molecule has 0 amide bonds. The van der Waals surface area contributed by atoms with Crippen molar-refractivity contribution in [1.82, 2.24) is 3.56 Å². The molecule has 0 bridgehead atoms. The number of hydrogen-bond donors (Lipinski definition) is 0. The van der Waals surface area contributed by atoms with Gasteiger partial charge < -0.3 is 0 Å². The molecule has 4 heteroatoms. The number of aryl methyl sites for hydroxylation is 1. The van der Waals surface area contributed by atoms with Crippen molar-refractivity contribution in [2.75, 3.05) is 0 Å². The maximum atomic E-state index is 14.0. The molecule has 0 unspecified atom stereocenters. The van der Waals surface area contributed by atoms with Crippen molar-refractivity contribution in [2.24, 2.45) is 0 Å². The van der Waals surface area contributed by atoms with Crippen molar-refractivity contribution in [3.8, 4) is 5.69 Å². The zero-order valence-electron chi connectivity index (χ0n) is 9.68. The van der Waals surface area contributed by atoms with E-state index in [1.165, 1.54) is 4.26 Å². The number of aromatic nitrogens is 1. The maximum absolute atomic E-state index is 14.0. The third-order valence-electron chi connectivity index (χ3n) is 2.81. The Bertz CT molecular complexity index is 788. The first-order chi connectivity index (χ1) is 8.66. The zero-order valence-corrected chi connectivity index (χ0v) is 12.2. The van der Waals surface area contributed by atoms with Crippen LogP contribution in [0.2, 0.25) is 0 Å². The predicted octanol–water partition coefficient (Wildman–Crippen LogP) is 3.86. The second-order valence-electron chi connectivity index (χ2n) is 4.14. The number of hydrogen-bond acceptors (Lipinski definition) is 1. The Labute approximate surface area is 115 Å². The molecule has 1 heterocycles. The minimum absolute atomic E-state index is 0.0315. The first kappa shape index (κ1) is 11.8. The number of rotatable bonds is 1. The molecule has 18 heavy (non-hydrogen) atoms. The van der Waals surface area contributed by atoms with E-state index in [4.69, 9.17) is 12.2 Å². The molecule has 3 aromatic rings. The van der Waals surface area contributed by atoms with Crippen LogP contribution < -0.4 is 0 Å². The van der Waals surface area contributed by atoms with Crippen molar-refractivity contribution in [2.45, 2.75) is 6.92 Å². The Hall–Kier alpha value is -1.22. The molecule has 0 aliphatic carbocycles. The molecule has 0 fully saturated rings. The average Bonchev–Trinajstić information content (AvgIpc) is 2.68. The monoisotopic (exact) mass is 323 g/mol. The average molecular weight is 322 g/mol. The third-order valence-corrected chi connectivity index (χ3v) is 5.82. The van der Waals surface area contributed by atoms with Crippen LogP contribution in [0.1, 0.15) is 5.56 Å². The molecule has 0 saturated heterocycles. The molecule has 0 aliphatic heterocycles. The van der Waals surface area contributed by atoms with E-state index in [1.807, 2.05) is 40.8 Å². The van der Waals surface area contributed by atoms with Crippen LogP contribution >= 0.6 is 12.2 Å². The summed E-state index contributed by atoms with van der Waals surface area (Å²) < 4.78 is 17.9. The van der Waals surface area contributed by atoms with Crippen LogP contribution in [-0.2, 0) is 0 Å². The summed E-state index contributed by atoms with van der Waals surface area (Å²) in [5, 5.41) is 1.06. The van der Waals surface area contributed by atoms with E-state index in [9.17, 15) is 4.39 Å². The molecule has 0 atom stereocenters. The third kappa shape index (κ3) is 1.87. The van der Waals surface area contributed by atoms with Crippen molar-refractivity contribution < 1.29 is 4.39 Å². The van der Waals surface area contributed by atoms with Crippen LogP contribution in [0.4, 0.5) is 4.39 Å². The summed E-state index contributed by atoms with van der Waals surface area (Å²) in [6, 6.07) is 13.3. The second kappa shape index (κ2) is 4.47. The van der Waals surface area contributed by atoms with E-state index in [0.717, 1.165) is 15.6 Å². The van der Waals surface area contributed by atoms with Crippen LogP contribution in [0.5, 0.6) is 0 Å². The summed E-state index contributed by atoms with van der Waals surface area (Å²) in [6.45, 7) is 1.88. The van der Waals surface area contributed by atoms with Gasteiger partial charge in [0.25, 0.3) is 0 Å². The van der Waals surface area contributed by atoms with Gasteiger partial charge in [0, 0.05) is 0 Å². The van der Waals surface area contributed by atoms with Crippen LogP contribution in [-0.4, -0.2) is 18.3 Å². The van der Waals surface area contributed by atoms with E-state index in [2.05, 4.69) is 6.07 Å². The van der Waals surface area contributed by atoms with Gasteiger partial charge >= 0.3 is 116 Å². The van der Waals surface area contributed by atoms with Crippen LogP contribution in [0.15, 0.2) is 42.5 Å². The molecule has 0 spiro atoms. The quantitative estimate of drug-likeness (QED) is 0.486. The SMILES string of the molecule is Cc1ccc(-n2[se]c3ccccc3c2=S)c(F)c1. The summed E-state index contributed by atoms with van der Waals surface area (Å²) in [7, 11) is 0. The van der Waals surface area contributed by atoms with E-state index in [0.29, 0.717) is 5.69 Å². The van der Waals surface area contributed by atoms with Gasteiger partial charge in [0.2, 0.25) is 0 Å². The molecule has 0 aliphatic rings. The Morgan fingerprint density at radius 1 is 1.17 bits per heavy atom. The normalized spacial score (nSPS) is 11.0. The predicted molar refractivity (Wildman–Crippen MR) is 75.7 cm³/mol. The van der Waals surface area contributed by atoms with E-state index in [1.54, 1.807) is 6.07 Å². The van der Waals surface area contributed by atoms with Gasteiger partial charge in [-0.1, -0.05) is 0 Å². The summed E-state index contributed by atoms with van der Waals surface area (Å²) >= 11 is 5.48. The Kier molecular flexibility index (Phi) is 2.94. The van der Waals surface area contributed by atoms with Crippen molar-refractivity contribution in [1.29, 1.82) is 0 Å². The van der Waals surface area contributed by atoms with E-state index in [-0.39, 0.29) is 20.5 Å². The second-order valence-corrected chi connectivity index (χ2v) is 6.60. The molecule has 1 nitrogen and oxygen atoms in total. The van der Waals surface area contributed by atoms with Crippen LogP contribution in [0.25, 0.3) is 15.3 Å². The first-order valence-corrected chi connectivity index (χ1v) is 7.57. The topological polar surface area (TPSA) is 4.93 Å². The molecule has 3 rings (SSSR count). The molecular formula is C14H10FNSSe. The van der Waals surface area contributed by atoms with Gasteiger partial charge in [0.1, 0.15) is 0 Å². The van der Waals surface area contributed by atoms with Gasteiger partial charge in [-0.2, -0.15) is 0 Å². The van der Waals surface area contributed by atoms with Gasteiger partial charge in [0.05, 0.1) is 0 Å². The zero-order chi connectivity index (χ0) is 12.7. The fourth-order valence-corrected chi connectivity index (χ4v) is 4.68. The van der Waals surface area contributed by atoms with Crippen molar-refractivity contribution in [3.05, 3.63) is 58.5 Å². The van der Waals surface area contributed by atoms with Gasteiger partial charge in [-0.05, 0) is 0 Å². The van der Waals surface area contributed by atoms with Crippen molar-refractivity contribution >= 4 is 36.6 Å². The Morgan fingerprint density at radius 3 is 2.67 bits per heavy atom. The number of benzene rings is 2. The molecule has 0 saturated carbocycles. The Morgan fingerprint density at radius 2 is 1.94 bits per heavy atom. The fourth-order valence-electron chi connectivity index (χ4n) is 1.91. The number of nitrogens with zero attached hydrogens (tertiary/aromatic N) is 1. The molecule has 0 N–H and O–H groups in total. The molecule has 1 aromatic heterocycles.